The zero-order valence-electron chi connectivity index (χ0n) is 15.1. The van der Waals surface area contributed by atoms with Crippen LogP contribution in [0.25, 0.3) is 10.9 Å². The minimum atomic E-state index is -0.0234. The summed E-state index contributed by atoms with van der Waals surface area (Å²) in [7, 11) is 1.93. The van der Waals surface area contributed by atoms with Crippen molar-refractivity contribution in [3.8, 4) is 0 Å². The molecule has 0 unspecified atom stereocenters. The molecule has 0 bridgehead atoms. The van der Waals surface area contributed by atoms with Crippen molar-refractivity contribution in [1.29, 1.82) is 0 Å². The van der Waals surface area contributed by atoms with Gasteiger partial charge in [-0.15, -0.1) is 0 Å². The Balaban J connectivity index is 1.63. The molecule has 134 valence electrons. The van der Waals surface area contributed by atoms with Crippen molar-refractivity contribution in [2.75, 3.05) is 5.32 Å². The molecule has 26 heavy (non-hydrogen) atoms. The number of rotatable bonds is 6. The molecule has 1 aliphatic carbocycles. The Morgan fingerprint density at radius 3 is 2.88 bits per heavy atom. The lowest BCUT2D eigenvalue weighted by Crippen LogP contribution is -2.25. The van der Waals surface area contributed by atoms with Crippen LogP contribution in [-0.4, -0.2) is 26.7 Å². The average Bonchev–Trinajstić information content (AvgIpc) is 3.38. The zero-order valence-corrected chi connectivity index (χ0v) is 15.1. The Labute approximate surface area is 152 Å². The lowest BCUT2D eigenvalue weighted by Gasteiger charge is -2.11. The molecule has 4 rings (SSSR count). The predicted octanol–water partition coefficient (Wildman–Crippen LogP) is 3.04. The zero-order chi connectivity index (χ0) is 18.1. The van der Waals surface area contributed by atoms with Crippen LogP contribution in [0.15, 0.2) is 36.5 Å². The number of nitrogens with zero attached hydrogens (tertiary/aromatic N) is 3. The number of hydrogen-bond acceptors (Lipinski definition) is 4. The van der Waals surface area contributed by atoms with E-state index in [2.05, 4.69) is 27.6 Å². The number of hydrogen-bond donors (Lipinski definition) is 2. The Morgan fingerprint density at radius 2 is 2.12 bits per heavy atom. The molecule has 1 fully saturated rings. The van der Waals surface area contributed by atoms with E-state index in [1.165, 1.54) is 0 Å². The highest BCUT2D eigenvalue weighted by Gasteiger charge is 2.25. The van der Waals surface area contributed by atoms with Gasteiger partial charge in [0.05, 0.1) is 16.8 Å². The summed E-state index contributed by atoms with van der Waals surface area (Å²) in [6.45, 7) is 2.73. The fourth-order valence-electron chi connectivity index (χ4n) is 3.16. The normalized spacial score (nSPS) is 13.8. The summed E-state index contributed by atoms with van der Waals surface area (Å²) in [6.07, 6.45) is 5.05. The lowest BCUT2D eigenvalue weighted by atomic mass is 10.1. The van der Waals surface area contributed by atoms with Crippen LogP contribution in [0.2, 0.25) is 0 Å². The summed E-state index contributed by atoms with van der Waals surface area (Å²) in [5.74, 6) is 0.681. The molecule has 0 saturated heterocycles. The van der Waals surface area contributed by atoms with Gasteiger partial charge in [-0.05, 0) is 31.4 Å². The number of pyridine rings is 1. The van der Waals surface area contributed by atoms with Gasteiger partial charge >= 0.3 is 0 Å². The number of aromatic nitrogens is 3. The quantitative estimate of drug-likeness (QED) is 0.717. The van der Waals surface area contributed by atoms with Crippen molar-refractivity contribution in [3.05, 3.63) is 53.3 Å². The van der Waals surface area contributed by atoms with Crippen molar-refractivity contribution in [1.82, 2.24) is 20.1 Å². The average molecular weight is 349 g/mol. The van der Waals surface area contributed by atoms with Gasteiger partial charge in [-0.3, -0.25) is 9.48 Å². The van der Waals surface area contributed by atoms with Crippen molar-refractivity contribution >= 4 is 22.6 Å². The second kappa shape index (κ2) is 6.78. The van der Waals surface area contributed by atoms with Crippen LogP contribution in [-0.2, 0) is 20.0 Å². The van der Waals surface area contributed by atoms with Gasteiger partial charge in [-0.1, -0.05) is 25.1 Å². The van der Waals surface area contributed by atoms with E-state index in [0.717, 1.165) is 41.4 Å². The van der Waals surface area contributed by atoms with E-state index < -0.39 is 0 Å². The van der Waals surface area contributed by atoms with E-state index in [1.54, 1.807) is 0 Å². The van der Waals surface area contributed by atoms with Gasteiger partial charge in [0.15, 0.2) is 0 Å². The second-order valence-corrected chi connectivity index (χ2v) is 6.80. The number of anilines is 1. The SMILES string of the molecule is CCc1nn(C)cc1CNc1cc(C(=O)NC2CC2)c2ccccc2n1. The molecule has 2 aromatic heterocycles. The van der Waals surface area contributed by atoms with Crippen LogP contribution < -0.4 is 10.6 Å². The maximum atomic E-state index is 12.7. The maximum Gasteiger partial charge on any atom is 0.252 e. The van der Waals surface area contributed by atoms with Gasteiger partial charge in [-0.25, -0.2) is 4.98 Å². The number of aryl methyl sites for hydroxylation is 2. The summed E-state index contributed by atoms with van der Waals surface area (Å²) in [4.78, 5) is 17.3. The lowest BCUT2D eigenvalue weighted by molar-refractivity contribution is 0.0952. The van der Waals surface area contributed by atoms with Gasteiger partial charge in [0, 0.05) is 36.8 Å². The Kier molecular flexibility index (Phi) is 4.32. The molecule has 0 aliphatic heterocycles. The number of amides is 1. The first kappa shape index (κ1) is 16.6. The molecule has 0 spiro atoms. The fourth-order valence-corrected chi connectivity index (χ4v) is 3.16. The Bertz CT molecular complexity index is 958. The molecule has 2 N–H and O–H groups in total. The van der Waals surface area contributed by atoms with Gasteiger partial charge in [-0.2, -0.15) is 5.10 Å². The van der Waals surface area contributed by atoms with Gasteiger partial charge in [0.1, 0.15) is 5.82 Å². The minimum absolute atomic E-state index is 0.0234. The third-order valence-corrected chi connectivity index (χ3v) is 4.66. The summed E-state index contributed by atoms with van der Waals surface area (Å²) < 4.78 is 1.83. The first-order valence-electron chi connectivity index (χ1n) is 9.10. The molecule has 3 aromatic rings. The minimum Gasteiger partial charge on any atom is -0.366 e. The number of nitrogens with one attached hydrogen (secondary N) is 2. The monoisotopic (exact) mass is 349 g/mol. The molecule has 0 radical (unpaired) electrons. The summed E-state index contributed by atoms with van der Waals surface area (Å²) in [5.41, 5.74) is 3.72. The van der Waals surface area contributed by atoms with E-state index >= 15 is 0 Å². The topological polar surface area (TPSA) is 71.8 Å². The summed E-state index contributed by atoms with van der Waals surface area (Å²) in [5, 5.41) is 11.8. The largest absolute Gasteiger partial charge is 0.366 e. The molecule has 0 atom stereocenters. The third-order valence-electron chi connectivity index (χ3n) is 4.66. The molecule has 6 nitrogen and oxygen atoms in total. The first-order valence-corrected chi connectivity index (χ1v) is 9.10. The van der Waals surface area contributed by atoms with Crippen molar-refractivity contribution in [3.63, 3.8) is 0 Å². The molecular formula is C20H23N5O. The molecule has 1 aliphatic rings. The van der Waals surface area contributed by atoms with Gasteiger partial charge in [0.25, 0.3) is 5.91 Å². The highest BCUT2D eigenvalue weighted by atomic mass is 16.1. The summed E-state index contributed by atoms with van der Waals surface area (Å²) in [6, 6.07) is 9.95. The second-order valence-electron chi connectivity index (χ2n) is 6.80. The van der Waals surface area contributed by atoms with Crippen molar-refractivity contribution < 1.29 is 4.79 Å². The van der Waals surface area contributed by atoms with Crippen LogP contribution in [0.3, 0.4) is 0 Å². The Hall–Kier alpha value is -2.89. The van der Waals surface area contributed by atoms with Crippen LogP contribution >= 0.6 is 0 Å². The van der Waals surface area contributed by atoms with Gasteiger partial charge < -0.3 is 10.6 Å². The smallest absolute Gasteiger partial charge is 0.252 e. The third kappa shape index (κ3) is 3.40. The predicted molar refractivity (Wildman–Crippen MR) is 102 cm³/mol. The highest BCUT2D eigenvalue weighted by Crippen LogP contribution is 2.24. The number of carbonyl (C=O) groups excluding carboxylic acids is 1. The van der Waals surface area contributed by atoms with E-state index in [0.29, 0.717) is 24.0 Å². The molecule has 1 saturated carbocycles. The van der Waals surface area contributed by atoms with Crippen LogP contribution in [0.1, 0.15) is 41.4 Å². The summed E-state index contributed by atoms with van der Waals surface area (Å²) >= 11 is 0. The van der Waals surface area contributed by atoms with Crippen molar-refractivity contribution in [2.24, 2.45) is 7.05 Å². The van der Waals surface area contributed by atoms with E-state index in [4.69, 9.17) is 0 Å². The molecule has 1 aromatic carbocycles. The number of para-hydroxylation sites is 1. The van der Waals surface area contributed by atoms with Crippen molar-refractivity contribution in [2.45, 2.75) is 38.8 Å². The van der Waals surface area contributed by atoms with Crippen LogP contribution in [0.4, 0.5) is 5.82 Å². The number of carbonyl (C=O) groups is 1. The standard InChI is InChI=1S/C20H23N5O/c1-3-17-13(12-25(2)24-17)11-21-19-10-16(20(26)22-14-8-9-14)15-6-4-5-7-18(15)23-19/h4-7,10,12,14H,3,8-9,11H2,1-2H3,(H,21,23)(H,22,26). The molecule has 2 heterocycles. The van der Waals surface area contributed by atoms with E-state index in [1.807, 2.05) is 48.3 Å². The van der Waals surface area contributed by atoms with Crippen LogP contribution in [0, 0.1) is 0 Å². The maximum absolute atomic E-state index is 12.7. The van der Waals surface area contributed by atoms with E-state index in [-0.39, 0.29) is 5.91 Å². The Morgan fingerprint density at radius 1 is 1.31 bits per heavy atom. The highest BCUT2D eigenvalue weighted by molar-refractivity contribution is 6.07. The molecular weight excluding hydrogens is 326 g/mol. The molecule has 6 heteroatoms. The van der Waals surface area contributed by atoms with E-state index in [9.17, 15) is 4.79 Å². The van der Waals surface area contributed by atoms with Gasteiger partial charge in [0.2, 0.25) is 0 Å². The fraction of sp³-hybridized carbons (Fsp3) is 0.350. The number of fused-ring (bicyclic) bond motifs is 1. The molecule has 1 amide bonds. The first-order chi connectivity index (χ1) is 12.6. The van der Waals surface area contributed by atoms with Crippen LogP contribution in [0.5, 0.6) is 0 Å². The number of benzene rings is 1.